The summed E-state index contributed by atoms with van der Waals surface area (Å²) in [4.78, 5) is 0. The zero-order valence-corrected chi connectivity index (χ0v) is 12.5. The summed E-state index contributed by atoms with van der Waals surface area (Å²) in [5, 5.41) is 0. The van der Waals surface area contributed by atoms with Gasteiger partial charge in [-0.05, 0) is 49.4 Å². The molecule has 21 heavy (non-hydrogen) atoms. The van der Waals surface area contributed by atoms with Crippen LogP contribution in [0.15, 0.2) is 42.5 Å². The molecule has 0 saturated heterocycles. The number of benzene rings is 2. The number of aryl methyl sites for hydroxylation is 2. The van der Waals surface area contributed by atoms with Gasteiger partial charge in [0.15, 0.2) is 0 Å². The first-order chi connectivity index (χ1) is 10.1. The molecule has 0 heterocycles. The van der Waals surface area contributed by atoms with Crippen molar-refractivity contribution in [2.24, 2.45) is 5.84 Å². The van der Waals surface area contributed by atoms with E-state index in [2.05, 4.69) is 17.6 Å². The molecule has 1 unspecified atom stereocenters. The molecule has 0 bridgehead atoms. The van der Waals surface area contributed by atoms with Crippen LogP contribution in [0, 0.1) is 19.7 Å². The molecule has 3 rings (SSSR count). The van der Waals surface area contributed by atoms with Gasteiger partial charge in [0.1, 0.15) is 5.82 Å². The van der Waals surface area contributed by atoms with E-state index in [1.165, 1.54) is 5.56 Å². The van der Waals surface area contributed by atoms with Crippen molar-refractivity contribution in [3.63, 3.8) is 0 Å². The third-order valence-electron chi connectivity index (χ3n) is 4.63. The smallest absolute Gasteiger partial charge is 0.128 e. The minimum absolute atomic E-state index is 0.0864. The number of hydrogen-bond acceptors (Lipinski definition) is 2. The van der Waals surface area contributed by atoms with E-state index in [4.69, 9.17) is 5.84 Å². The Morgan fingerprint density at radius 3 is 2.33 bits per heavy atom. The van der Waals surface area contributed by atoms with Gasteiger partial charge in [0.25, 0.3) is 0 Å². The third-order valence-corrected chi connectivity index (χ3v) is 4.63. The molecule has 3 N–H and O–H groups in total. The van der Waals surface area contributed by atoms with Crippen LogP contribution >= 0.6 is 0 Å². The highest BCUT2D eigenvalue weighted by molar-refractivity contribution is 5.42. The van der Waals surface area contributed by atoms with Crippen molar-refractivity contribution in [3.05, 3.63) is 70.5 Å². The molecule has 0 amide bonds. The average Bonchev–Trinajstić information content (AvgIpc) is 3.25. The van der Waals surface area contributed by atoms with Gasteiger partial charge in [-0.3, -0.25) is 11.3 Å². The van der Waals surface area contributed by atoms with Crippen LogP contribution in [0.2, 0.25) is 0 Å². The average molecular weight is 284 g/mol. The fourth-order valence-electron chi connectivity index (χ4n) is 3.46. The number of halogens is 1. The molecule has 2 nitrogen and oxygen atoms in total. The maximum atomic E-state index is 14.5. The van der Waals surface area contributed by atoms with Gasteiger partial charge in [-0.15, -0.1) is 0 Å². The van der Waals surface area contributed by atoms with Gasteiger partial charge >= 0.3 is 0 Å². The Kier molecular flexibility index (Phi) is 3.56. The second-order valence-electron chi connectivity index (χ2n) is 6.10. The van der Waals surface area contributed by atoms with Gasteiger partial charge in [-0.1, -0.05) is 36.4 Å². The third kappa shape index (κ3) is 2.37. The predicted molar refractivity (Wildman–Crippen MR) is 83.3 cm³/mol. The minimum Gasteiger partial charge on any atom is -0.271 e. The fourth-order valence-corrected chi connectivity index (χ4v) is 3.46. The normalized spacial score (nSPS) is 17.5. The van der Waals surface area contributed by atoms with Crippen LogP contribution in [0.25, 0.3) is 0 Å². The molecule has 3 heteroatoms. The molecule has 0 spiro atoms. The van der Waals surface area contributed by atoms with E-state index in [1.807, 2.05) is 38.1 Å². The molecule has 1 fully saturated rings. The number of nitrogens with two attached hydrogens (primary N) is 1. The van der Waals surface area contributed by atoms with Crippen molar-refractivity contribution in [1.29, 1.82) is 0 Å². The highest BCUT2D eigenvalue weighted by Crippen LogP contribution is 2.56. The summed E-state index contributed by atoms with van der Waals surface area (Å²) < 4.78 is 14.5. The number of hydrazine groups is 1. The summed E-state index contributed by atoms with van der Waals surface area (Å²) in [6.45, 7) is 3.87. The summed E-state index contributed by atoms with van der Waals surface area (Å²) in [5.41, 5.74) is 6.62. The van der Waals surface area contributed by atoms with E-state index in [1.54, 1.807) is 6.07 Å². The molecule has 1 atom stereocenters. The van der Waals surface area contributed by atoms with Crippen molar-refractivity contribution < 1.29 is 4.39 Å². The van der Waals surface area contributed by atoms with Crippen LogP contribution in [0.1, 0.15) is 41.1 Å². The van der Waals surface area contributed by atoms with Crippen LogP contribution in [0.5, 0.6) is 0 Å². The molecular weight excluding hydrogens is 263 g/mol. The first-order valence-electron chi connectivity index (χ1n) is 7.37. The van der Waals surface area contributed by atoms with Gasteiger partial charge in [0.2, 0.25) is 0 Å². The Hall–Kier alpha value is -1.71. The van der Waals surface area contributed by atoms with Gasteiger partial charge in [0.05, 0.1) is 6.04 Å². The van der Waals surface area contributed by atoms with E-state index in [0.29, 0.717) is 5.56 Å². The van der Waals surface area contributed by atoms with Crippen molar-refractivity contribution in [1.82, 2.24) is 5.43 Å². The van der Waals surface area contributed by atoms with Crippen molar-refractivity contribution in [3.8, 4) is 0 Å². The first kappa shape index (κ1) is 14.2. The Morgan fingerprint density at radius 2 is 1.81 bits per heavy atom. The van der Waals surface area contributed by atoms with E-state index in [-0.39, 0.29) is 17.3 Å². The lowest BCUT2D eigenvalue weighted by Crippen LogP contribution is -2.37. The maximum Gasteiger partial charge on any atom is 0.128 e. The summed E-state index contributed by atoms with van der Waals surface area (Å²) >= 11 is 0. The highest BCUT2D eigenvalue weighted by Gasteiger charge is 2.51. The lowest BCUT2D eigenvalue weighted by molar-refractivity contribution is 0.418. The van der Waals surface area contributed by atoms with Crippen LogP contribution in [-0.2, 0) is 5.41 Å². The van der Waals surface area contributed by atoms with Crippen LogP contribution in [0.4, 0.5) is 4.39 Å². The number of nitrogens with one attached hydrogen (secondary N) is 1. The standard InChI is InChI=1S/C18H21FN2/c1-12-10-13(2)16(15(19)11-12)17(21-20)18(8-9-18)14-6-4-3-5-7-14/h3-7,10-11,17,21H,8-9,20H2,1-2H3. The summed E-state index contributed by atoms with van der Waals surface area (Å²) in [7, 11) is 0. The monoisotopic (exact) mass is 284 g/mol. The highest BCUT2D eigenvalue weighted by atomic mass is 19.1. The SMILES string of the molecule is Cc1cc(C)c(C(NN)C2(c3ccccc3)CC2)c(F)c1. The zero-order chi connectivity index (χ0) is 15.0. The first-order valence-corrected chi connectivity index (χ1v) is 7.37. The molecule has 0 aromatic heterocycles. The number of rotatable bonds is 4. The second-order valence-corrected chi connectivity index (χ2v) is 6.10. The van der Waals surface area contributed by atoms with Gasteiger partial charge < -0.3 is 0 Å². The molecule has 2 aromatic carbocycles. The molecule has 2 aromatic rings. The fraction of sp³-hybridized carbons (Fsp3) is 0.333. The molecule has 0 aliphatic heterocycles. The van der Waals surface area contributed by atoms with Gasteiger partial charge in [0, 0.05) is 11.0 Å². The Bertz CT molecular complexity index is 625. The topological polar surface area (TPSA) is 38.0 Å². The summed E-state index contributed by atoms with van der Waals surface area (Å²) in [6, 6.07) is 13.7. The lowest BCUT2D eigenvalue weighted by atomic mass is 9.82. The van der Waals surface area contributed by atoms with E-state index in [9.17, 15) is 4.39 Å². The maximum absolute atomic E-state index is 14.5. The Balaban J connectivity index is 2.08. The van der Waals surface area contributed by atoms with Crippen molar-refractivity contribution in [2.45, 2.75) is 38.1 Å². The Labute approximate surface area is 125 Å². The summed E-state index contributed by atoms with van der Waals surface area (Å²) in [5.74, 6) is 5.66. The Morgan fingerprint density at radius 1 is 1.14 bits per heavy atom. The molecule has 110 valence electrons. The van der Waals surface area contributed by atoms with E-state index < -0.39 is 0 Å². The van der Waals surface area contributed by atoms with E-state index >= 15 is 0 Å². The minimum atomic E-state index is -0.194. The predicted octanol–water partition coefficient (Wildman–Crippen LogP) is 3.68. The zero-order valence-electron chi connectivity index (χ0n) is 12.5. The van der Waals surface area contributed by atoms with E-state index in [0.717, 1.165) is 24.0 Å². The molecule has 1 saturated carbocycles. The van der Waals surface area contributed by atoms with Crippen LogP contribution < -0.4 is 11.3 Å². The van der Waals surface area contributed by atoms with Crippen molar-refractivity contribution >= 4 is 0 Å². The van der Waals surface area contributed by atoms with Gasteiger partial charge in [-0.25, -0.2) is 4.39 Å². The van der Waals surface area contributed by atoms with Crippen molar-refractivity contribution in [2.75, 3.05) is 0 Å². The molecule has 1 aliphatic carbocycles. The molecule has 1 aliphatic rings. The lowest BCUT2D eigenvalue weighted by Gasteiger charge is -2.29. The van der Waals surface area contributed by atoms with Crippen LogP contribution in [0.3, 0.4) is 0 Å². The largest absolute Gasteiger partial charge is 0.271 e. The molecular formula is C18H21FN2. The quantitative estimate of drug-likeness (QED) is 0.664. The second kappa shape index (κ2) is 5.24. The molecule has 0 radical (unpaired) electrons. The van der Waals surface area contributed by atoms with Gasteiger partial charge in [-0.2, -0.15) is 0 Å². The van der Waals surface area contributed by atoms with Crippen LogP contribution in [-0.4, -0.2) is 0 Å². The number of hydrogen-bond donors (Lipinski definition) is 2. The summed E-state index contributed by atoms with van der Waals surface area (Å²) in [6.07, 6.45) is 2.05.